The molecule has 2 aromatic rings. The fourth-order valence-corrected chi connectivity index (χ4v) is 3.30. The predicted octanol–water partition coefficient (Wildman–Crippen LogP) is 2.73. The third-order valence-electron chi connectivity index (χ3n) is 4.48. The van der Waals surface area contributed by atoms with Crippen LogP contribution >= 0.6 is 0 Å². The van der Waals surface area contributed by atoms with Crippen molar-refractivity contribution in [2.45, 2.75) is 38.8 Å². The first-order chi connectivity index (χ1) is 11.1. The Balaban J connectivity index is 2.08. The van der Waals surface area contributed by atoms with E-state index in [1.807, 2.05) is 44.4 Å². The highest BCUT2D eigenvalue weighted by Gasteiger charge is 2.37. The van der Waals surface area contributed by atoms with Crippen LogP contribution in [0.5, 0.6) is 0 Å². The van der Waals surface area contributed by atoms with Crippen LogP contribution in [0, 0.1) is 13.8 Å². The van der Waals surface area contributed by atoms with E-state index in [9.17, 15) is 9.90 Å². The quantitative estimate of drug-likeness (QED) is 0.940. The fraction of sp³-hybridized carbons (Fsp3) is 0.389. The summed E-state index contributed by atoms with van der Waals surface area (Å²) in [5.74, 6) is -0.758. The van der Waals surface area contributed by atoms with Crippen molar-refractivity contribution in [3.8, 4) is 0 Å². The molecule has 1 aliphatic heterocycles. The van der Waals surface area contributed by atoms with Gasteiger partial charge in [-0.3, -0.25) is 19.7 Å². The molecule has 0 spiro atoms. The topological polar surface area (TPSA) is 66.3 Å². The lowest BCUT2D eigenvalue weighted by atomic mass is 9.97. The van der Waals surface area contributed by atoms with Crippen molar-refractivity contribution in [1.82, 2.24) is 14.9 Å². The normalized spacial score (nSPS) is 19.7. The standard InChI is InChI=1S/C18H21N3O2/c1-12-5-6-15(20-10-12)17(14-7-8-19-11-13(14)2)21-9-3-4-16(21)18(22)23/h5-8,10-11,16-17H,3-4,9H2,1-2H3,(H,22,23). The molecule has 0 saturated carbocycles. The molecule has 0 amide bonds. The van der Waals surface area contributed by atoms with Gasteiger partial charge >= 0.3 is 5.97 Å². The Labute approximate surface area is 136 Å². The van der Waals surface area contributed by atoms with Gasteiger partial charge in [-0.25, -0.2) is 0 Å². The molecule has 0 aromatic carbocycles. The molecule has 2 unspecified atom stereocenters. The van der Waals surface area contributed by atoms with E-state index < -0.39 is 12.0 Å². The van der Waals surface area contributed by atoms with Crippen LogP contribution in [0.2, 0.25) is 0 Å². The van der Waals surface area contributed by atoms with Gasteiger partial charge in [0.25, 0.3) is 0 Å². The van der Waals surface area contributed by atoms with Crippen molar-refractivity contribution in [3.05, 3.63) is 59.2 Å². The highest BCUT2D eigenvalue weighted by atomic mass is 16.4. The lowest BCUT2D eigenvalue weighted by molar-refractivity contribution is -0.142. The zero-order valence-electron chi connectivity index (χ0n) is 13.4. The van der Waals surface area contributed by atoms with Gasteiger partial charge in [0.1, 0.15) is 6.04 Å². The van der Waals surface area contributed by atoms with Crippen LogP contribution in [0.3, 0.4) is 0 Å². The maximum Gasteiger partial charge on any atom is 0.320 e. The van der Waals surface area contributed by atoms with Crippen LogP contribution in [0.15, 0.2) is 36.8 Å². The molecule has 2 atom stereocenters. The summed E-state index contributed by atoms with van der Waals surface area (Å²) in [6.45, 7) is 4.77. The van der Waals surface area contributed by atoms with Crippen LogP contribution in [-0.2, 0) is 4.79 Å². The van der Waals surface area contributed by atoms with Crippen molar-refractivity contribution >= 4 is 5.97 Å². The van der Waals surface area contributed by atoms with Gasteiger partial charge in [0.2, 0.25) is 0 Å². The molecule has 0 bridgehead atoms. The van der Waals surface area contributed by atoms with Gasteiger partial charge in [-0.2, -0.15) is 0 Å². The number of likely N-dealkylation sites (tertiary alicyclic amines) is 1. The Morgan fingerprint density at radius 2 is 2.13 bits per heavy atom. The van der Waals surface area contributed by atoms with Crippen LogP contribution in [0.25, 0.3) is 0 Å². The van der Waals surface area contributed by atoms with Crippen LogP contribution in [0.4, 0.5) is 0 Å². The third kappa shape index (κ3) is 3.10. The molecule has 5 heteroatoms. The van der Waals surface area contributed by atoms with Crippen molar-refractivity contribution in [2.75, 3.05) is 6.54 Å². The lowest BCUT2D eigenvalue weighted by Crippen LogP contribution is -2.39. The van der Waals surface area contributed by atoms with E-state index >= 15 is 0 Å². The summed E-state index contributed by atoms with van der Waals surface area (Å²) in [6, 6.07) is 5.38. The molecule has 1 fully saturated rings. The second-order valence-electron chi connectivity index (χ2n) is 6.13. The number of aromatic nitrogens is 2. The smallest absolute Gasteiger partial charge is 0.320 e. The first-order valence-corrected chi connectivity index (χ1v) is 7.89. The summed E-state index contributed by atoms with van der Waals surface area (Å²) in [5.41, 5.74) is 4.11. The number of carboxylic acids is 1. The van der Waals surface area contributed by atoms with E-state index in [4.69, 9.17) is 0 Å². The first-order valence-electron chi connectivity index (χ1n) is 7.89. The minimum atomic E-state index is -0.758. The van der Waals surface area contributed by atoms with Crippen molar-refractivity contribution < 1.29 is 9.90 Å². The molecule has 2 aromatic heterocycles. The van der Waals surface area contributed by atoms with Crippen LogP contribution in [-0.4, -0.2) is 38.5 Å². The Kier molecular flexibility index (Phi) is 4.39. The first kappa shape index (κ1) is 15.6. The number of hydrogen-bond acceptors (Lipinski definition) is 4. The van der Waals surface area contributed by atoms with E-state index in [0.717, 1.165) is 35.3 Å². The molecule has 3 heterocycles. The van der Waals surface area contributed by atoms with Crippen LogP contribution in [0.1, 0.15) is 41.3 Å². The van der Waals surface area contributed by atoms with Gasteiger partial charge in [0.15, 0.2) is 0 Å². The maximum absolute atomic E-state index is 11.6. The van der Waals surface area contributed by atoms with Crippen molar-refractivity contribution in [2.24, 2.45) is 0 Å². The van der Waals surface area contributed by atoms with E-state index in [1.54, 1.807) is 6.20 Å². The van der Waals surface area contributed by atoms with E-state index in [2.05, 4.69) is 14.9 Å². The monoisotopic (exact) mass is 311 g/mol. The van der Waals surface area contributed by atoms with Gasteiger partial charge < -0.3 is 5.11 Å². The van der Waals surface area contributed by atoms with Crippen LogP contribution < -0.4 is 0 Å². The molecule has 0 radical (unpaired) electrons. The fourth-order valence-electron chi connectivity index (χ4n) is 3.30. The number of aliphatic carboxylic acids is 1. The minimum Gasteiger partial charge on any atom is -0.480 e. The number of hydrogen-bond donors (Lipinski definition) is 1. The van der Waals surface area contributed by atoms with Gasteiger partial charge in [0.05, 0.1) is 11.7 Å². The number of aryl methyl sites for hydroxylation is 2. The average Bonchev–Trinajstić information content (AvgIpc) is 3.01. The van der Waals surface area contributed by atoms with Crippen molar-refractivity contribution in [3.63, 3.8) is 0 Å². The van der Waals surface area contributed by atoms with Gasteiger partial charge in [-0.15, -0.1) is 0 Å². The van der Waals surface area contributed by atoms with Gasteiger partial charge in [0, 0.05) is 25.1 Å². The number of carboxylic acid groups (broad SMARTS) is 1. The largest absolute Gasteiger partial charge is 0.480 e. The third-order valence-corrected chi connectivity index (χ3v) is 4.48. The molecule has 1 N–H and O–H groups in total. The average molecular weight is 311 g/mol. The second-order valence-corrected chi connectivity index (χ2v) is 6.13. The Morgan fingerprint density at radius 3 is 2.78 bits per heavy atom. The molecule has 5 nitrogen and oxygen atoms in total. The molecule has 1 saturated heterocycles. The number of pyridine rings is 2. The van der Waals surface area contributed by atoms with E-state index in [0.29, 0.717) is 6.42 Å². The molecule has 0 aliphatic carbocycles. The zero-order valence-corrected chi connectivity index (χ0v) is 13.4. The molecular formula is C18H21N3O2. The SMILES string of the molecule is Cc1ccc(C(c2ccncc2C)N2CCCC2C(=O)O)nc1. The second kappa shape index (κ2) is 6.46. The number of rotatable bonds is 4. The Morgan fingerprint density at radius 1 is 1.30 bits per heavy atom. The Bertz CT molecular complexity index is 700. The minimum absolute atomic E-state index is 0.151. The maximum atomic E-state index is 11.6. The zero-order chi connectivity index (χ0) is 16.4. The molecular weight excluding hydrogens is 290 g/mol. The molecule has 23 heavy (non-hydrogen) atoms. The molecule has 3 rings (SSSR count). The van der Waals surface area contributed by atoms with E-state index in [1.165, 1.54) is 0 Å². The Hall–Kier alpha value is -2.27. The summed E-state index contributed by atoms with van der Waals surface area (Å²) in [5, 5.41) is 9.57. The summed E-state index contributed by atoms with van der Waals surface area (Å²) < 4.78 is 0. The number of carbonyl (C=O) groups is 1. The van der Waals surface area contributed by atoms with Gasteiger partial charge in [-0.1, -0.05) is 6.07 Å². The summed E-state index contributed by atoms with van der Waals surface area (Å²) in [4.78, 5) is 22.4. The summed E-state index contributed by atoms with van der Waals surface area (Å²) >= 11 is 0. The molecule has 120 valence electrons. The van der Waals surface area contributed by atoms with Crippen molar-refractivity contribution in [1.29, 1.82) is 0 Å². The molecule has 1 aliphatic rings. The highest BCUT2D eigenvalue weighted by Crippen LogP contribution is 2.35. The van der Waals surface area contributed by atoms with E-state index in [-0.39, 0.29) is 6.04 Å². The predicted molar refractivity (Wildman–Crippen MR) is 87.2 cm³/mol. The summed E-state index contributed by atoms with van der Waals surface area (Å²) in [6.07, 6.45) is 6.99. The number of nitrogens with zero attached hydrogens (tertiary/aromatic N) is 3. The lowest BCUT2D eigenvalue weighted by Gasteiger charge is -2.32. The highest BCUT2D eigenvalue weighted by molar-refractivity contribution is 5.74. The summed E-state index contributed by atoms with van der Waals surface area (Å²) in [7, 11) is 0. The van der Waals surface area contributed by atoms with Gasteiger partial charge in [-0.05, 0) is 55.5 Å².